The van der Waals surface area contributed by atoms with Crippen LogP contribution in [0.4, 0.5) is 18.9 Å². The summed E-state index contributed by atoms with van der Waals surface area (Å²) in [5.41, 5.74) is 0.182. The number of hydrogen-bond donors (Lipinski definition) is 1. The number of pyridine rings is 1. The van der Waals surface area contributed by atoms with E-state index in [-0.39, 0.29) is 12.3 Å². The van der Waals surface area contributed by atoms with Crippen LogP contribution in [0.25, 0.3) is 0 Å². The number of fused-ring (bicyclic) bond motifs is 1. The van der Waals surface area contributed by atoms with Crippen LogP contribution in [0, 0.1) is 0 Å². The van der Waals surface area contributed by atoms with Crippen molar-refractivity contribution in [2.75, 3.05) is 18.5 Å². The van der Waals surface area contributed by atoms with E-state index in [4.69, 9.17) is 9.47 Å². The molecule has 3 rings (SSSR count). The van der Waals surface area contributed by atoms with Gasteiger partial charge in [-0.2, -0.15) is 13.2 Å². The fraction of sp³-hybridized carbons (Fsp3) is 0.294. The van der Waals surface area contributed by atoms with E-state index < -0.39 is 11.9 Å². The number of hydrogen-bond acceptors (Lipinski definition) is 4. The van der Waals surface area contributed by atoms with Gasteiger partial charge in [-0.25, -0.2) is 0 Å². The van der Waals surface area contributed by atoms with Crippen molar-refractivity contribution in [1.82, 2.24) is 4.98 Å². The van der Waals surface area contributed by atoms with Crippen LogP contribution in [0.15, 0.2) is 36.5 Å². The third-order valence-electron chi connectivity index (χ3n) is 3.58. The summed E-state index contributed by atoms with van der Waals surface area (Å²) in [6.07, 6.45) is -2.91. The fourth-order valence-corrected chi connectivity index (χ4v) is 2.34. The summed E-state index contributed by atoms with van der Waals surface area (Å²) >= 11 is 0. The molecule has 1 aromatic carbocycles. The molecule has 0 aliphatic carbocycles. The maximum Gasteiger partial charge on any atom is 0.433 e. The molecule has 0 saturated heterocycles. The number of nitrogens with one attached hydrogen (secondary N) is 1. The van der Waals surface area contributed by atoms with Crippen LogP contribution < -0.4 is 14.8 Å². The van der Waals surface area contributed by atoms with Gasteiger partial charge in [0.15, 0.2) is 11.5 Å². The number of halogens is 3. The highest BCUT2D eigenvalue weighted by atomic mass is 19.4. The molecule has 0 radical (unpaired) electrons. The van der Waals surface area contributed by atoms with E-state index in [1.807, 2.05) is 0 Å². The van der Waals surface area contributed by atoms with Crippen molar-refractivity contribution in [2.24, 2.45) is 0 Å². The molecule has 1 aliphatic rings. The lowest BCUT2D eigenvalue weighted by Gasteiger charge is -2.19. The van der Waals surface area contributed by atoms with Gasteiger partial charge in [-0.3, -0.25) is 9.78 Å². The largest absolute Gasteiger partial charge is 0.486 e. The third-order valence-corrected chi connectivity index (χ3v) is 3.58. The van der Waals surface area contributed by atoms with Crippen LogP contribution in [0.5, 0.6) is 11.5 Å². The number of carbonyl (C=O) groups excluding carboxylic acids is 1. The van der Waals surface area contributed by atoms with Crippen molar-refractivity contribution in [1.29, 1.82) is 0 Å². The Kier molecular flexibility index (Phi) is 4.78. The number of ether oxygens (including phenoxy) is 2. The second-order valence-corrected chi connectivity index (χ2v) is 5.46. The maximum atomic E-state index is 12.5. The summed E-state index contributed by atoms with van der Waals surface area (Å²) < 4.78 is 48.2. The highest BCUT2D eigenvalue weighted by Gasteiger charge is 2.31. The normalized spacial score (nSPS) is 13.4. The molecule has 0 fully saturated rings. The van der Waals surface area contributed by atoms with Crippen molar-refractivity contribution >= 4 is 11.6 Å². The number of anilines is 1. The van der Waals surface area contributed by atoms with Crippen LogP contribution in [0.2, 0.25) is 0 Å². The van der Waals surface area contributed by atoms with E-state index in [0.717, 1.165) is 12.3 Å². The molecule has 0 bridgehead atoms. The molecule has 8 heteroatoms. The minimum absolute atomic E-state index is 0.126. The Balaban J connectivity index is 1.54. The van der Waals surface area contributed by atoms with Crippen LogP contribution >= 0.6 is 0 Å². The average molecular weight is 352 g/mol. The van der Waals surface area contributed by atoms with E-state index in [0.29, 0.717) is 42.4 Å². The highest BCUT2D eigenvalue weighted by molar-refractivity contribution is 5.91. The molecule has 0 unspecified atom stereocenters. The van der Waals surface area contributed by atoms with Gasteiger partial charge < -0.3 is 14.8 Å². The second-order valence-electron chi connectivity index (χ2n) is 5.46. The zero-order valence-electron chi connectivity index (χ0n) is 13.1. The average Bonchev–Trinajstić information content (AvgIpc) is 2.59. The Morgan fingerprint density at radius 1 is 1.12 bits per heavy atom. The van der Waals surface area contributed by atoms with Gasteiger partial charge in [-0.1, -0.05) is 6.07 Å². The molecule has 25 heavy (non-hydrogen) atoms. The van der Waals surface area contributed by atoms with Crippen molar-refractivity contribution in [3.8, 4) is 11.5 Å². The van der Waals surface area contributed by atoms with Crippen LogP contribution in [0.3, 0.4) is 0 Å². The second kappa shape index (κ2) is 7.00. The monoisotopic (exact) mass is 352 g/mol. The lowest BCUT2D eigenvalue weighted by molar-refractivity contribution is -0.141. The lowest BCUT2D eigenvalue weighted by atomic mass is 10.1. The molecule has 1 aromatic heterocycles. The molecule has 132 valence electrons. The quantitative estimate of drug-likeness (QED) is 0.916. The molecule has 2 heterocycles. The smallest absolute Gasteiger partial charge is 0.433 e. The molecule has 0 spiro atoms. The molecular formula is C17H15F3N2O3. The van der Waals surface area contributed by atoms with Gasteiger partial charge in [0.2, 0.25) is 5.91 Å². The Morgan fingerprint density at radius 2 is 1.88 bits per heavy atom. The Bertz CT molecular complexity index is 761. The molecule has 1 amide bonds. The van der Waals surface area contributed by atoms with E-state index in [1.165, 1.54) is 6.07 Å². The molecule has 0 saturated carbocycles. The first kappa shape index (κ1) is 17.1. The van der Waals surface area contributed by atoms with E-state index in [1.54, 1.807) is 18.2 Å². The Hall–Kier alpha value is -2.77. The predicted molar refractivity (Wildman–Crippen MR) is 83.6 cm³/mol. The number of aryl methyl sites for hydroxylation is 1. The Morgan fingerprint density at radius 3 is 2.56 bits per heavy atom. The number of rotatable bonds is 4. The van der Waals surface area contributed by atoms with Crippen LogP contribution in [-0.2, 0) is 17.4 Å². The van der Waals surface area contributed by atoms with Crippen LogP contribution in [-0.4, -0.2) is 24.1 Å². The zero-order valence-corrected chi connectivity index (χ0v) is 13.1. The lowest BCUT2D eigenvalue weighted by Crippen LogP contribution is -2.16. The minimum Gasteiger partial charge on any atom is -0.486 e. The van der Waals surface area contributed by atoms with Gasteiger partial charge in [0.05, 0.1) is 0 Å². The number of nitrogens with zero attached hydrogens (tertiary/aromatic N) is 1. The Labute approximate surface area is 141 Å². The maximum absolute atomic E-state index is 12.5. The predicted octanol–water partition coefficient (Wildman–Crippen LogP) is 3.44. The van der Waals surface area contributed by atoms with Crippen molar-refractivity contribution in [3.05, 3.63) is 47.8 Å². The summed E-state index contributed by atoms with van der Waals surface area (Å²) in [5.74, 6) is 0.938. The summed E-state index contributed by atoms with van der Waals surface area (Å²) in [5, 5.41) is 2.72. The van der Waals surface area contributed by atoms with Crippen molar-refractivity contribution < 1.29 is 27.4 Å². The van der Waals surface area contributed by atoms with E-state index >= 15 is 0 Å². The third kappa shape index (κ3) is 4.40. The number of aromatic nitrogens is 1. The molecular weight excluding hydrogens is 337 g/mol. The van der Waals surface area contributed by atoms with Crippen molar-refractivity contribution in [3.63, 3.8) is 0 Å². The van der Waals surface area contributed by atoms with Crippen LogP contribution in [0.1, 0.15) is 17.7 Å². The zero-order chi connectivity index (χ0) is 17.9. The summed E-state index contributed by atoms with van der Waals surface area (Å²) in [4.78, 5) is 15.4. The minimum atomic E-state index is -4.46. The summed E-state index contributed by atoms with van der Waals surface area (Å²) in [6, 6.07) is 7.32. The van der Waals surface area contributed by atoms with Gasteiger partial charge in [-0.15, -0.1) is 0 Å². The number of benzene rings is 1. The fourth-order valence-electron chi connectivity index (χ4n) is 2.34. The van der Waals surface area contributed by atoms with Gasteiger partial charge in [-0.05, 0) is 30.2 Å². The first-order valence-corrected chi connectivity index (χ1v) is 7.63. The summed E-state index contributed by atoms with van der Waals surface area (Å²) in [7, 11) is 0. The first-order chi connectivity index (χ1) is 11.9. The molecule has 0 atom stereocenters. The standard InChI is InChI=1S/C17H15F3N2O3/c18-17(19,20)15-5-1-11(10-21-15)2-6-16(23)22-12-3-4-13-14(9-12)25-8-7-24-13/h1,3-5,9-10H,2,6-8H2,(H,22,23). The number of alkyl halides is 3. The topological polar surface area (TPSA) is 60.5 Å². The first-order valence-electron chi connectivity index (χ1n) is 7.63. The molecule has 1 N–H and O–H groups in total. The van der Waals surface area contributed by atoms with Gasteiger partial charge in [0.1, 0.15) is 18.9 Å². The van der Waals surface area contributed by atoms with Gasteiger partial charge in [0.25, 0.3) is 0 Å². The van der Waals surface area contributed by atoms with E-state index in [2.05, 4.69) is 10.3 Å². The number of amides is 1. The molecule has 1 aliphatic heterocycles. The molecule has 2 aromatic rings. The summed E-state index contributed by atoms with van der Waals surface area (Å²) in [6.45, 7) is 0.936. The van der Waals surface area contributed by atoms with Gasteiger partial charge >= 0.3 is 6.18 Å². The highest BCUT2D eigenvalue weighted by Crippen LogP contribution is 2.32. The van der Waals surface area contributed by atoms with E-state index in [9.17, 15) is 18.0 Å². The van der Waals surface area contributed by atoms with Crippen molar-refractivity contribution in [2.45, 2.75) is 19.0 Å². The van der Waals surface area contributed by atoms with Gasteiger partial charge in [0, 0.05) is 24.4 Å². The molecule has 5 nitrogen and oxygen atoms in total. The SMILES string of the molecule is O=C(CCc1ccc(C(F)(F)F)nc1)Nc1ccc2c(c1)OCCO2. The number of carbonyl (C=O) groups is 1.